The Kier molecular flexibility index (Phi) is 7.33. The SMILES string of the molecule is COc1ccc(NC(=O)c2c(NC(=O)c3c(Cl)cnn3C)sc3c2CCC(C(C)(C)C)C3)c(OC)c1. The summed E-state index contributed by atoms with van der Waals surface area (Å²) in [5.74, 6) is 0.855. The molecule has 3 aromatic rings. The van der Waals surface area contributed by atoms with Gasteiger partial charge in [-0.2, -0.15) is 5.10 Å². The van der Waals surface area contributed by atoms with Gasteiger partial charge in [-0.25, -0.2) is 0 Å². The number of fused-ring (bicyclic) bond motifs is 1. The van der Waals surface area contributed by atoms with Crippen LogP contribution in [0.1, 0.15) is 58.5 Å². The Hall–Kier alpha value is -3.04. The normalized spacial score (nSPS) is 15.2. The summed E-state index contributed by atoms with van der Waals surface area (Å²) in [4.78, 5) is 28.0. The molecule has 192 valence electrons. The molecule has 1 aliphatic carbocycles. The maximum atomic E-state index is 13.7. The Labute approximate surface area is 219 Å². The Bertz CT molecular complexity index is 1290. The van der Waals surface area contributed by atoms with Crippen molar-refractivity contribution in [1.29, 1.82) is 0 Å². The van der Waals surface area contributed by atoms with Crippen molar-refractivity contribution in [3.63, 3.8) is 0 Å². The number of thiophene rings is 1. The number of halogens is 1. The number of hydrogen-bond donors (Lipinski definition) is 2. The summed E-state index contributed by atoms with van der Waals surface area (Å²) < 4.78 is 12.1. The van der Waals surface area contributed by atoms with Crippen LogP contribution in [-0.4, -0.2) is 35.8 Å². The van der Waals surface area contributed by atoms with Crippen molar-refractivity contribution in [2.24, 2.45) is 18.4 Å². The van der Waals surface area contributed by atoms with Gasteiger partial charge in [-0.3, -0.25) is 14.3 Å². The highest BCUT2D eigenvalue weighted by atomic mass is 35.5. The summed E-state index contributed by atoms with van der Waals surface area (Å²) in [5, 5.41) is 10.7. The molecule has 4 rings (SSSR count). The summed E-state index contributed by atoms with van der Waals surface area (Å²) in [6.07, 6.45) is 4.02. The first-order chi connectivity index (χ1) is 17.0. The van der Waals surface area contributed by atoms with Crippen LogP contribution in [0.2, 0.25) is 5.02 Å². The zero-order chi connectivity index (χ0) is 26.2. The minimum Gasteiger partial charge on any atom is -0.497 e. The second-order valence-corrected chi connectivity index (χ2v) is 11.5. The van der Waals surface area contributed by atoms with E-state index in [0.29, 0.717) is 33.7 Å². The molecule has 1 aromatic carbocycles. The van der Waals surface area contributed by atoms with Gasteiger partial charge in [0.05, 0.1) is 36.7 Å². The van der Waals surface area contributed by atoms with Crippen molar-refractivity contribution in [2.45, 2.75) is 40.0 Å². The van der Waals surface area contributed by atoms with E-state index in [1.54, 1.807) is 32.4 Å². The number of ether oxygens (including phenoxy) is 2. The lowest BCUT2D eigenvalue weighted by Gasteiger charge is -2.33. The third-order valence-corrected chi connectivity index (χ3v) is 8.16. The molecule has 10 heteroatoms. The van der Waals surface area contributed by atoms with Gasteiger partial charge in [0.25, 0.3) is 11.8 Å². The summed E-state index contributed by atoms with van der Waals surface area (Å²) in [6, 6.07) is 5.19. The number of methoxy groups -OCH3 is 2. The average Bonchev–Trinajstić information content (AvgIpc) is 3.36. The maximum absolute atomic E-state index is 13.7. The molecule has 0 bridgehead atoms. The maximum Gasteiger partial charge on any atom is 0.276 e. The van der Waals surface area contributed by atoms with Crippen LogP contribution in [0.3, 0.4) is 0 Å². The standard InChI is InChI=1S/C26H31ClN4O4S/c1-26(2,3)14-7-9-16-20(11-14)36-25(30-24(33)22-17(27)13-28-31(22)4)21(16)23(32)29-18-10-8-15(34-5)12-19(18)35-6/h8,10,12-14H,7,9,11H2,1-6H3,(H,29,32)(H,30,33). The molecule has 1 aliphatic rings. The van der Waals surface area contributed by atoms with Crippen LogP contribution in [0.25, 0.3) is 0 Å². The highest BCUT2D eigenvalue weighted by Crippen LogP contribution is 2.45. The third-order valence-electron chi connectivity index (χ3n) is 6.71. The number of anilines is 2. The van der Waals surface area contributed by atoms with Gasteiger partial charge < -0.3 is 20.1 Å². The topological polar surface area (TPSA) is 94.5 Å². The Morgan fingerprint density at radius 2 is 1.92 bits per heavy atom. The van der Waals surface area contributed by atoms with E-state index in [9.17, 15) is 9.59 Å². The Morgan fingerprint density at radius 1 is 1.17 bits per heavy atom. The number of carbonyl (C=O) groups excluding carboxylic acids is 2. The molecule has 2 N–H and O–H groups in total. The number of rotatable bonds is 6. The highest BCUT2D eigenvalue weighted by Gasteiger charge is 2.34. The summed E-state index contributed by atoms with van der Waals surface area (Å²) >= 11 is 7.66. The highest BCUT2D eigenvalue weighted by molar-refractivity contribution is 7.17. The van der Waals surface area contributed by atoms with Crippen LogP contribution in [0.15, 0.2) is 24.4 Å². The lowest BCUT2D eigenvalue weighted by Crippen LogP contribution is -2.27. The van der Waals surface area contributed by atoms with Crippen LogP contribution in [0.5, 0.6) is 11.5 Å². The number of benzene rings is 1. The molecule has 8 nitrogen and oxygen atoms in total. The van der Waals surface area contributed by atoms with Crippen LogP contribution in [0.4, 0.5) is 10.7 Å². The number of aryl methyl sites for hydroxylation is 1. The number of amides is 2. The van der Waals surface area contributed by atoms with Gasteiger partial charge >= 0.3 is 0 Å². The summed E-state index contributed by atoms with van der Waals surface area (Å²) in [7, 11) is 4.75. The van der Waals surface area contributed by atoms with E-state index < -0.39 is 5.91 Å². The second kappa shape index (κ2) is 10.1. The molecule has 0 radical (unpaired) electrons. The van der Waals surface area contributed by atoms with Crippen molar-refractivity contribution in [2.75, 3.05) is 24.9 Å². The van der Waals surface area contributed by atoms with Crippen molar-refractivity contribution in [3.8, 4) is 11.5 Å². The molecule has 0 spiro atoms. The first kappa shape index (κ1) is 26.0. The Balaban J connectivity index is 1.72. The molecule has 36 heavy (non-hydrogen) atoms. The first-order valence-electron chi connectivity index (χ1n) is 11.7. The lowest BCUT2D eigenvalue weighted by atomic mass is 9.72. The molecule has 2 aromatic heterocycles. The molecule has 2 heterocycles. The molecule has 1 unspecified atom stereocenters. The van der Waals surface area contributed by atoms with Gasteiger partial charge in [-0.05, 0) is 48.3 Å². The number of nitrogens with one attached hydrogen (secondary N) is 2. The van der Waals surface area contributed by atoms with Crippen LogP contribution in [0, 0.1) is 11.3 Å². The molecule has 2 amide bonds. The fourth-order valence-electron chi connectivity index (χ4n) is 4.57. The fourth-order valence-corrected chi connectivity index (χ4v) is 6.14. The smallest absolute Gasteiger partial charge is 0.276 e. The van der Waals surface area contributed by atoms with Gasteiger partial charge in [0.1, 0.15) is 22.2 Å². The van der Waals surface area contributed by atoms with Crippen LogP contribution < -0.4 is 20.1 Å². The minimum absolute atomic E-state index is 0.145. The van der Waals surface area contributed by atoms with E-state index in [0.717, 1.165) is 29.7 Å². The lowest BCUT2D eigenvalue weighted by molar-refractivity contribution is 0.101. The third kappa shape index (κ3) is 5.08. The van der Waals surface area contributed by atoms with Crippen LogP contribution in [-0.2, 0) is 19.9 Å². The van der Waals surface area contributed by atoms with E-state index in [2.05, 4.69) is 36.5 Å². The van der Waals surface area contributed by atoms with E-state index in [1.807, 2.05) is 0 Å². The quantitative estimate of drug-likeness (QED) is 0.419. The fraction of sp³-hybridized carbons (Fsp3) is 0.423. The summed E-state index contributed by atoms with van der Waals surface area (Å²) in [5.41, 5.74) is 2.35. The van der Waals surface area contributed by atoms with Crippen molar-refractivity contribution >= 4 is 45.4 Å². The number of hydrogen-bond acceptors (Lipinski definition) is 6. The minimum atomic E-state index is -0.415. The summed E-state index contributed by atoms with van der Waals surface area (Å²) in [6.45, 7) is 6.73. The molecule has 0 fully saturated rings. The zero-order valence-corrected chi connectivity index (χ0v) is 22.9. The first-order valence-corrected chi connectivity index (χ1v) is 12.9. The largest absolute Gasteiger partial charge is 0.497 e. The molecular weight excluding hydrogens is 500 g/mol. The van der Waals surface area contributed by atoms with Gasteiger partial charge in [0, 0.05) is 18.0 Å². The predicted molar refractivity (Wildman–Crippen MR) is 143 cm³/mol. The second-order valence-electron chi connectivity index (χ2n) is 9.95. The Morgan fingerprint density at radius 3 is 2.53 bits per heavy atom. The molecular formula is C26H31ClN4O4S. The van der Waals surface area contributed by atoms with Crippen LogP contribution >= 0.6 is 22.9 Å². The van der Waals surface area contributed by atoms with Gasteiger partial charge in [0.2, 0.25) is 0 Å². The molecule has 0 saturated carbocycles. The predicted octanol–water partition coefficient (Wildman–Crippen LogP) is 5.81. The van der Waals surface area contributed by atoms with Crippen molar-refractivity contribution in [3.05, 3.63) is 51.1 Å². The van der Waals surface area contributed by atoms with E-state index in [1.165, 1.54) is 29.3 Å². The monoisotopic (exact) mass is 530 g/mol. The van der Waals surface area contributed by atoms with Gasteiger partial charge in [-0.15, -0.1) is 11.3 Å². The number of nitrogens with zero attached hydrogens (tertiary/aromatic N) is 2. The van der Waals surface area contributed by atoms with Gasteiger partial charge in [-0.1, -0.05) is 32.4 Å². The zero-order valence-electron chi connectivity index (χ0n) is 21.3. The van der Waals surface area contributed by atoms with E-state index in [-0.39, 0.29) is 22.0 Å². The molecule has 1 atom stereocenters. The number of aromatic nitrogens is 2. The van der Waals surface area contributed by atoms with Crippen molar-refractivity contribution in [1.82, 2.24) is 9.78 Å². The molecule has 0 aliphatic heterocycles. The average molecular weight is 531 g/mol. The van der Waals surface area contributed by atoms with Crippen molar-refractivity contribution < 1.29 is 19.1 Å². The van der Waals surface area contributed by atoms with Gasteiger partial charge in [0.15, 0.2) is 0 Å². The number of carbonyl (C=O) groups is 2. The van der Waals surface area contributed by atoms with E-state index in [4.69, 9.17) is 21.1 Å². The van der Waals surface area contributed by atoms with E-state index >= 15 is 0 Å². The molecule has 0 saturated heterocycles.